The van der Waals surface area contributed by atoms with Gasteiger partial charge < -0.3 is 10.0 Å². The highest BCUT2D eigenvalue weighted by Gasteiger charge is 2.41. The summed E-state index contributed by atoms with van der Waals surface area (Å²) in [6.07, 6.45) is 0.0628. The molecule has 0 saturated carbocycles. The first kappa shape index (κ1) is 12.4. The van der Waals surface area contributed by atoms with Gasteiger partial charge in [-0.05, 0) is 28.1 Å². The molecule has 1 heterocycles. The van der Waals surface area contributed by atoms with Crippen LogP contribution in [0.3, 0.4) is 0 Å². The van der Waals surface area contributed by atoms with E-state index in [0.29, 0.717) is 13.1 Å². The van der Waals surface area contributed by atoms with Gasteiger partial charge in [-0.2, -0.15) is 0 Å². The first-order valence-electron chi connectivity index (χ1n) is 5.45. The van der Waals surface area contributed by atoms with Gasteiger partial charge in [0.05, 0.1) is 5.69 Å². The summed E-state index contributed by atoms with van der Waals surface area (Å²) in [5.74, 6) is -1.34. The third kappa shape index (κ3) is 2.44. The lowest BCUT2D eigenvalue weighted by Crippen LogP contribution is -2.46. The number of hydrogen-bond acceptors (Lipinski definition) is 2. The van der Waals surface area contributed by atoms with E-state index in [1.165, 1.54) is 0 Å². The minimum Gasteiger partial charge on any atom is -0.479 e. The number of rotatable bonds is 2. The number of benzene rings is 1. The highest BCUT2D eigenvalue weighted by atomic mass is 79.9. The third-order valence-corrected chi connectivity index (χ3v) is 3.80. The Bertz CT molecular complexity index is 430. The number of halogens is 2. The van der Waals surface area contributed by atoms with E-state index in [0.717, 1.165) is 10.2 Å². The Kier molecular flexibility index (Phi) is 3.38. The second-order valence-corrected chi connectivity index (χ2v) is 5.06. The predicted molar refractivity (Wildman–Crippen MR) is 67.1 cm³/mol. The Morgan fingerprint density at radius 1 is 1.35 bits per heavy atom. The van der Waals surface area contributed by atoms with Crippen molar-refractivity contribution in [1.29, 1.82) is 0 Å². The molecule has 0 radical (unpaired) electrons. The average molecular weight is 302 g/mol. The van der Waals surface area contributed by atoms with Crippen molar-refractivity contribution in [2.75, 3.05) is 18.0 Å². The monoisotopic (exact) mass is 301 g/mol. The molecule has 0 unspecified atom stereocenters. The van der Waals surface area contributed by atoms with Crippen LogP contribution in [-0.2, 0) is 4.79 Å². The molecule has 1 aliphatic heterocycles. The Labute approximate surface area is 107 Å². The van der Waals surface area contributed by atoms with E-state index in [9.17, 15) is 9.18 Å². The fraction of sp³-hybridized carbons (Fsp3) is 0.417. The maximum absolute atomic E-state index is 13.8. The number of aliphatic carboxylic acids is 1. The van der Waals surface area contributed by atoms with E-state index in [-0.39, 0.29) is 12.8 Å². The van der Waals surface area contributed by atoms with Gasteiger partial charge in [0.2, 0.25) is 5.67 Å². The summed E-state index contributed by atoms with van der Waals surface area (Å²) in [5, 5.41) is 8.81. The van der Waals surface area contributed by atoms with Crippen LogP contribution in [0.25, 0.3) is 0 Å². The van der Waals surface area contributed by atoms with Crippen LogP contribution in [0.5, 0.6) is 0 Å². The molecule has 2 rings (SSSR count). The Balaban J connectivity index is 2.10. The van der Waals surface area contributed by atoms with Crippen molar-refractivity contribution in [3.05, 3.63) is 28.7 Å². The van der Waals surface area contributed by atoms with E-state index in [1.807, 2.05) is 29.2 Å². The lowest BCUT2D eigenvalue weighted by atomic mass is 9.93. The van der Waals surface area contributed by atoms with Gasteiger partial charge in [0.15, 0.2) is 0 Å². The molecule has 1 aromatic rings. The minimum absolute atomic E-state index is 0.0314. The number of hydrogen-bond donors (Lipinski definition) is 1. The van der Waals surface area contributed by atoms with Crippen LogP contribution >= 0.6 is 15.9 Å². The molecule has 1 aromatic carbocycles. The number of carbonyl (C=O) groups is 1. The molecule has 1 fully saturated rings. The summed E-state index contributed by atoms with van der Waals surface area (Å²) in [5.41, 5.74) is -1.07. The molecule has 92 valence electrons. The van der Waals surface area contributed by atoms with E-state index in [2.05, 4.69) is 15.9 Å². The molecule has 0 atom stereocenters. The molecule has 0 aromatic heterocycles. The molecule has 0 bridgehead atoms. The van der Waals surface area contributed by atoms with Gasteiger partial charge in [-0.25, -0.2) is 9.18 Å². The zero-order chi connectivity index (χ0) is 12.5. The van der Waals surface area contributed by atoms with Crippen molar-refractivity contribution in [2.24, 2.45) is 0 Å². The number of piperidine rings is 1. The number of anilines is 1. The van der Waals surface area contributed by atoms with Crippen molar-refractivity contribution < 1.29 is 14.3 Å². The lowest BCUT2D eigenvalue weighted by Gasteiger charge is -2.35. The van der Waals surface area contributed by atoms with Crippen LogP contribution in [0.2, 0.25) is 0 Å². The van der Waals surface area contributed by atoms with Crippen LogP contribution < -0.4 is 4.90 Å². The molecule has 3 nitrogen and oxygen atoms in total. The van der Waals surface area contributed by atoms with E-state index >= 15 is 0 Å². The maximum Gasteiger partial charge on any atom is 0.341 e. The molecule has 1 saturated heterocycles. The zero-order valence-electron chi connectivity index (χ0n) is 9.20. The molecule has 5 heteroatoms. The topological polar surface area (TPSA) is 40.5 Å². The predicted octanol–water partition coefficient (Wildman–Crippen LogP) is 2.84. The number of para-hydroxylation sites is 1. The number of carboxylic acid groups (broad SMARTS) is 1. The summed E-state index contributed by atoms with van der Waals surface area (Å²) in [7, 11) is 0. The van der Waals surface area contributed by atoms with Crippen LogP contribution in [0.1, 0.15) is 12.8 Å². The summed E-state index contributed by atoms with van der Waals surface area (Å²) in [6, 6.07) is 7.68. The van der Waals surface area contributed by atoms with Crippen LogP contribution in [0.4, 0.5) is 10.1 Å². The maximum atomic E-state index is 13.8. The van der Waals surface area contributed by atoms with Gasteiger partial charge in [-0.1, -0.05) is 12.1 Å². The second-order valence-electron chi connectivity index (χ2n) is 4.21. The number of nitrogens with zero attached hydrogens (tertiary/aromatic N) is 1. The second kappa shape index (κ2) is 4.64. The Morgan fingerprint density at radius 2 is 1.94 bits per heavy atom. The first-order chi connectivity index (χ1) is 8.03. The molecular weight excluding hydrogens is 289 g/mol. The fourth-order valence-corrected chi connectivity index (χ4v) is 2.56. The normalized spacial score (nSPS) is 19.1. The zero-order valence-corrected chi connectivity index (χ0v) is 10.8. The molecule has 1 N–H and O–H groups in total. The van der Waals surface area contributed by atoms with Gasteiger partial charge >= 0.3 is 5.97 Å². The minimum atomic E-state index is -2.06. The molecule has 0 aliphatic carbocycles. The quantitative estimate of drug-likeness (QED) is 0.913. The number of carboxylic acids is 1. The average Bonchev–Trinajstić information content (AvgIpc) is 2.31. The van der Waals surface area contributed by atoms with Gasteiger partial charge in [0.1, 0.15) is 0 Å². The standard InChI is InChI=1S/C12H13BrFNO2/c13-9-3-1-2-4-10(9)15-7-5-12(14,6-8-15)11(16)17/h1-4H,5-8H2,(H,16,17). The first-order valence-corrected chi connectivity index (χ1v) is 6.24. The smallest absolute Gasteiger partial charge is 0.341 e. The van der Waals surface area contributed by atoms with Crippen molar-refractivity contribution in [1.82, 2.24) is 0 Å². The van der Waals surface area contributed by atoms with E-state index < -0.39 is 11.6 Å². The summed E-state index contributed by atoms with van der Waals surface area (Å²) in [4.78, 5) is 12.8. The molecular formula is C12H13BrFNO2. The molecule has 0 amide bonds. The van der Waals surface area contributed by atoms with Gasteiger partial charge in [-0.15, -0.1) is 0 Å². The van der Waals surface area contributed by atoms with E-state index in [4.69, 9.17) is 5.11 Å². The van der Waals surface area contributed by atoms with Gasteiger partial charge in [0.25, 0.3) is 0 Å². The SMILES string of the molecule is O=C(O)C1(F)CCN(c2ccccc2Br)CC1. The summed E-state index contributed by atoms with van der Waals surface area (Å²) < 4.78 is 14.8. The molecule has 1 aliphatic rings. The summed E-state index contributed by atoms with van der Waals surface area (Å²) in [6.45, 7) is 0.844. The fourth-order valence-electron chi connectivity index (χ4n) is 2.02. The molecule has 0 spiro atoms. The van der Waals surface area contributed by atoms with Crippen LogP contribution in [0.15, 0.2) is 28.7 Å². The lowest BCUT2D eigenvalue weighted by molar-refractivity contribution is -0.152. The van der Waals surface area contributed by atoms with Gasteiger partial charge in [0, 0.05) is 30.4 Å². The highest BCUT2D eigenvalue weighted by molar-refractivity contribution is 9.10. The third-order valence-electron chi connectivity index (χ3n) is 3.13. The Morgan fingerprint density at radius 3 is 2.47 bits per heavy atom. The molecule has 17 heavy (non-hydrogen) atoms. The van der Waals surface area contributed by atoms with Gasteiger partial charge in [-0.3, -0.25) is 0 Å². The summed E-state index contributed by atoms with van der Waals surface area (Å²) >= 11 is 3.44. The van der Waals surface area contributed by atoms with Crippen molar-refractivity contribution in [3.63, 3.8) is 0 Å². The largest absolute Gasteiger partial charge is 0.479 e. The van der Waals surface area contributed by atoms with Crippen molar-refractivity contribution in [2.45, 2.75) is 18.5 Å². The van der Waals surface area contributed by atoms with E-state index in [1.54, 1.807) is 0 Å². The van der Waals surface area contributed by atoms with Crippen LogP contribution in [0, 0.1) is 0 Å². The Hall–Kier alpha value is -1.10. The van der Waals surface area contributed by atoms with Crippen LogP contribution in [-0.4, -0.2) is 29.8 Å². The highest BCUT2D eigenvalue weighted by Crippen LogP contribution is 2.33. The van der Waals surface area contributed by atoms with Crippen molar-refractivity contribution in [3.8, 4) is 0 Å². The van der Waals surface area contributed by atoms with Crippen molar-refractivity contribution >= 4 is 27.6 Å². The number of alkyl halides is 1.